The van der Waals surface area contributed by atoms with Crippen molar-refractivity contribution in [2.24, 2.45) is 0 Å². The topological polar surface area (TPSA) is 41.6 Å². The molecule has 2 aromatic rings. The maximum Gasteiger partial charge on any atom is 0.256 e. The molecule has 0 saturated carbocycles. The molecule has 2 fully saturated rings. The van der Waals surface area contributed by atoms with Crippen molar-refractivity contribution in [1.82, 2.24) is 10.2 Å². The standard InChI is InChI=1S/C22H26N2O2/c25-21(24-12-4-5-13-24)22(17-23-11-14-26-22)16-18-7-6-10-20(15-18)19-8-2-1-3-9-19/h1-3,6-10,15,23H,4-5,11-14,16-17H2/t22-/m0/s1. The van der Waals surface area contributed by atoms with Gasteiger partial charge in [-0.25, -0.2) is 0 Å². The van der Waals surface area contributed by atoms with E-state index in [2.05, 4.69) is 53.8 Å². The fourth-order valence-electron chi connectivity index (χ4n) is 4.02. The summed E-state index contributed by atoms with van der Waals surface area (Å²) in [6.07, 6.45) is 2.80. The van der Waals surface area contributed by atoms with Gasteiger partial charge in [0.1, 0.15) is 0 Å². The van der Waals surface area contributed by atoms with E-state index in [1.54, 1.807) is 0 Å². The predicted octanol–water partition coefficient (Wildman–Crippen LogP) is 2.88. The minimum atomic E-state index is -0.780. The summed E-state index contributed by atoms with van der Waals surface area (Å²) in [5, 5.41) is 3.37. The monoisotopic (exact) mass is 350 g/mol. The molecule has 0 aromatic heterocycles. The number of nitrogens with one attached hydrogen (secondary N) is 1. The van der Waals surface area contributed by atoms with Crippen molar-refractivity contribution < 1.29 is 9.53 Å². The minimum absolute atomic E-state index is 0.146. The van der Waals surface area contributed by atoms with E-state index in [1.807, 2.05) is 11.0 Å². The number of hydrogen-bond acceptors (Lipinski definition) is 3. The van der Waals surface area contributed by atoms with Gasteiger partial charge in [0, 0.05) is 32.6 Å². The highest BCUT2D eigenvalue weighted by atomic mass is 16.5. The third-order valence-electron chi connectivity index (χ3n) is 5.37. The molecule has 1 amide bonds. The van der Waals surface area contributed by atoms with Crippen molar-refractivity contribution in [3.8, 4) is 11.1 Å². The highest BCUT2D eigenvalue weighted by Crippen LogP contribution is 2.27. The van der Waals surface area contributed by atoms with Gasteiger partial charge in [0.25, 0.3) is 5.91 Å². The first-order valence-electron chi connectivity index (χ1n) is 9.55. The number of ether oxygens (including phenoxy) is 1. The molecular formula is C22H26N2O2. The lowest BCUT2D eigenvalue weighted by Gasteiger charge is -2.39. The van der Waals surface area contributed by atoms with Crippen molar-refractivity contribution in [2.75, 3.05) is 32.8 Å². The number of morpholine rings is 1. The molecule has 136 valence electrons. The third kappa shape index (κ3) is 3.53. The van der Waals surface area contributed by atoms with Gasteiger partial charge in [0.05, 0.1) is 6.61 Å². The Balaban J connectivity index is 1.61. The van der Waals surface area contributed by atoms with E-state index in [-0.39, 0.29) is 5.91 Å². The fraction of sp³-hybridized carbons (Fsp3) is 0.409. The Labute approximate surface area is 155 Å². The van der Waals surface area contributed by atoms with E-state index < -0.39 is 5.60 Å². The first-order valence-corrected chi connectivity index (χ1v) is 9.55. The number of nitrogens with zero attached hydrogens (tertiary/aromatic N) is 1. The number of carbonyl (C=O) groups is 1. The van der Waals surface area contributed by atoms with E-state index >= 15 is 0 Å². The van der Waals surface area contributed by atoms with Crippen LogP contribution >= 0.6 is 0 Å². The summed E-state index contributed by atoms with van der Waals surface area (Å²) >= 11 is 0. The summed E-state index contributed by atoms with van der Waals surface area (Å²) in [7, 11) is 0. The van der Waals surface area contributed by atoms with Crippen molar-refractivity contribution >= 4 is 5.91 Å². The zero-order valence-corrected chi connectivity index (χ0v) is 15.1. The van der Waals surface area contributed by atoms with Crippen LogP contribution in [0.3, 0.4) is 0 Å². The molecule has 4 nitrogen and oxygen atoms in total. The average Bonchev–Trinajstić information content (AvgIpc) is 3.24. The molecule has 0 spiro atoms. The number of rotatable bonds is 4. The molecule has 0 unspecified atom stereocenters. The van der Waals surface area contributed by atoms with Crippen LogP contribution in [0.15, 0.2) is 54.6 Å². The van der Waals surface area contributed by atoms with Crippen LogP contribution in [-0.4, -0.2) is 49.2 Å². The van der Waals surface area contributed by atoms with Gasteiger partial charge in [-0.15, -0.1) is 0 Å². The second kappa shape index (κ2) is 7.60. The molecule has 4 rings (SSSR count). The summed E-state index contributed by atoms with van der Waals surface area (Å²) in [4.78, 5) is 15.2. The van der Waals surface area contributed by atoms with Crippen LogP contribution in [0, 0.1) is 0 Å². The van der Waals surface area contributed by atoms with Crippen LogP contribution in [0.2, 0.25) is 0 Å². The zero-order valence-electron chi connectivity index (χ0n) is 15.1. The maximum absolute atomic E-state index is 13.2. The molecule has 2 saturated heterocycles. The zero-order chi connectivity index (χ0) is 17.8. The van der Waals surface area contributed by atoms with E-state index in [4.69, 9.17) is 4.74 Å². The van der Waals surface area contributed by atoms with Gasteiger partial charge < -0.3 is 15.0 Å². The Bertz CT molecular complexity index is 748. The largest absolute Gasteiger partial charge is 0.362 e. The molecule has 0 aliphatic carbocycles. The first-order chi connectivity index (χ1) is 12.8. The molecule has 4 heteroatoms. The van der Waals surface area contributed by atoms with Crippen molar-refractivity contribution in [3.63, 3.8) is 0 Å². The van der Waals surface area contributed by atoms with E-state index in [1.165, 1.54) is 11.1 Å². The van der Waals surface area contributed by atoms with E-state index in [0.29, 0.717) is 19.6 Å². The summed E-state index contributed by atoms with van der Waals surface area (Å²) < 4.78 is 6.14. The normalized spacial score (nSPS) is 23.2. The van der Waals surface area contributed by atoms with Gasteiger partial charge in [0.15, 0.2) is 5.60 Å². The lowest BCUT2D eigenvalue weighted by Crippen LogP contribution is -2.60. The molecule has 0 bridgehead atoms. The Kier molecular flexibility index (Phi) is 5.05. The lowest BCUT2D eigenvalue weighted by atomic mass is 9.90. The molecule has 0 radical (unpaired) electrons. The smallest absolute Gasteiger partial charge is 0.256 e. The van der Waals surface area contributed by atoms with Crippen LogP contribution < -0.4 is 5.32 Å². The molecule has 26 heavy (non-hydrogen) atoms. The van der Waals surface area contributed by atoms with E-state index in [9.17, 15) is 4.79 Å². The number of hydrogen-bond donors (Lipinski definition) is 1. The van der Waals surface area contributed by atoms with Gasteiger partial charge in [-0.05, 0) is 29.5 Å². The second-order valence-corrected chi connectivity index (χ2v) is 7.26. The highest BCUT2D eigenvalue weighted by Gasteiger charge is 2.44. The molecular weight excluding hydrogens is 324 g/mol. The van der Waals surface area contributed by atoms with Crippen molar-refractivity contribution in [1.29, 1.82) is 0 Å². The molecule has 2 heterocycles. The highest BCUT2D eigenvalue weighted by molar-refractivity contribution is 5.86. The van der Waals surface area contributed by atoms with Crippen LogP contribution in [0.4, 0.5) is 0 Å². The Morgan fingerprint density at radius 2 is 1.81 bits per heavy atom. The summed E-state index contributed by atoms with van der Waals surface area (Å²) in [6.45, 7) is 3.68. The molecule has 1 N–H and O–H groups in total. The number of likely N-dealkylation sites (tertiary alicyclic amines) is 1. The van der Waals surface area contributed by atoms with Crippen molar-refractivity contribution in [3.05, 3.63) is 60.2 Å². The Morgan fingerprint density at radius 3 is 2.54 bits per heavy atom. The Morgan fingerprint density at radius 1 is 1.04 bits per heavy atom. The summed E-state index contributed by atoms with van der Waals surface area (Å²) in [5.74, 6) is 0.146. The first kappa shape index (κ1) is 17.3. The Hall–Kier alpha value is -2.17. The molecule has 2 aromatic carbocycles. The molecule has 2 aliphatic rings. The average molecular weight is 350 g/mol. The summed E-state index contributed by atoms with van der Waals surface area (Å²) in [6, 6.07) is 18.8. The SMILES string of the molecule is O=C(N1CCCC1)[C@]1(Cc2cccc(-c3ccccc3)c2)CNCCO1. The molecule has 2 aliphatic heterocycles. The van der Waals surface area contributed by atoms with Crippen LogP contribution in [-0.2, 0) is 16.0 Å². The summed E-state index contributed by atoms with van der Waals surface area (Å²) in [5.41, 5.74) is 2.73. The predicted molar refractivity (Wildman–Crippen MR) is 103 cm³/mol. The van der Waals surface area contributed by atoms with Crippen LogP contribution in [0.1, 0.15) is 18.4 Å². The number of benzene rings is 2. The lowest BCUT2D eigenvalue weighted by molar-refractivity contribution is -0.161. The second-order valence-electron chi connectivity index (χ2n) is 7.26. The van der Waals surface area contributed by atoms with Crippen LogP contribution in [0.5, 0.6) is 0 Å². The van der Waals surface area contributed by atoms with E-state index in [0.717, 1.165) is 38.0 Å². The van der Waals surface area contributed by atoms with Gasteiger partial charge in [-0.2, -0.15) is 0 Å². The van der Waals surface area contributed by atoms with Crippen molar-refractivity contribution in [2.45, 2.75) is 24.9 Å². The van der Waals surface area contributed by atoms with Gasteiger partial charge in [0.2, 0.25) is 0 Å². The van der Waals surface area contributed by atoms with Crippen LogP contribution in [0.25, 0.3) is 11.1 Å². The van der Waals surface area contributed by atoms with Gasteiger partial charge in [-0.1, -0.05) is 54.6 Å². The maximum atomic E-state index is 13.2. The number of carbonyl (C=O) groups excluding carboxylic acids is 1. The molecule has 1 atom stereocenters. The third-order valence-corrected chi connectivity index (χ3v) is 5.37. The van der Waals surface area contributed by atoms with Gasteiger partial charge in [-0.3, -0.25) is 4.79 Å². The van der Waals surface area contributed by atoms with Gasteiger partial charge >= 0.3 is 0 Å². The minimum Gasteiger partial charge on any atom is -0.362 e. The number of amides is 1. The fourth-order valence-corrected chi connectivity index (χ4v) is 4.02. The quantitative estimate of drug-likeness (QED) is 0.922.